The van der Waals surface area contributed by atoms with Gasteiger partial charge in [-0.05, 0) is 127 Å². The van der Waals surface area contributed by atoms with E-state index >= 15 is 0 Å². The molecule has 16 nitrogen and oxygen atoms in total. The molecule has 18 heteroatoms. The standard InChI is InChI=1S/C24H25N3O6S.C24H27N3O4S/c1-5-32-23(29)24(3,4)33-19-12-6-16(7-13-19)14-25-21(28)20-15(2)26-22(34-20)17-8-10-18(11-9-17)27(30)31;1-5-30-23(29)24(3,4)31-19-12-6-16(7-13-19)14-26-21(28)20-15(2)27-22(32-20)17-8-10-18(25)11-9-17/h6-13H,5,14H2,1-4H3,(H,25,28);6-13H,5,14,25H2,1-4H3,(H,26,28). The van der Waals surface area contributed by atoms with Gasteiger partial charge in [0.25, 0.3) is 17.5 Å². The summed E-state index contributed by atoms with van der Waals surface area (Å²) >= 11 is 2.58. The highest BCUT2D eigenvalue weighted by molar-refractivity contribution is 7.17. The van der Waals surface area contributed by atoms with Crippen molar-refractivity contribution >= 4 is 57.8 Å². The minimum absolute atomic E-state index is 0.00383. The Labute approximate surface area is 390 Å². The number of carbonyl (C=O) groups is 4. The number of carbonyl (C=O) groups excluding carboxylic acids is 4. The first-order chi connectivity index (χ1) is 31.3. The number of nitrogens with zero attached hydrogens (tertiary/aromatic N) is 3. The molecule has 2 aromatic heterocycles. The van der Waals surface area contributed by atoms with Crippen LogP contribution in [0.5, 0.6) is 11.5 Å². The highest BCUT2D eigenvalue weighted by Crippen LogP contribution is 2.31. The van der Waals surface area contributed by atoms with E-state index in [-0.39, 0.29) is 24.1 Å². The highest BCUT2D eigenvalue weighted by atomic mass is 32.1. The molecule has 0 fully saturated rings. The van der Waals surface area contributed by atoms with Crippen molar-refractivity contribution < 1.29 is 43.0 Å². The van der Waals surface area contributed by atoms with Crippen LogP contribution >= 0.6 is 22.7 Å². The summed E-state index contributed by atoms with van der Waals surface area (Å²) in [5.41, 5.74) is 8.87. The molecular formula is C48H52N6O10S2. The average molecular weight is 937 g/mol. The van der Waals surface area contributed by atoms with Gasteiger partial charge >= 0.3 is 11.9 Å². The van der Waals surface area contributed by atoms with Gasteiger partial charge in [0.2, 0.25) is 0 Å². The number of thiazole rings is 2. The number of nitrogen functional groups attached to an aromatic ring is 1. The number of esters is 2. The third-order valence-electron chi connectivity index (χ3n) is 9.52. The van der Waals surface area contributed by atoms with Crippen LogP contribution in [0.15, 0.2) is 97.1 Å². The highest BCUT2D eigenvalue weighted by Gasteiger charge is 2.32. The van der Waals surface area contributed by atoms with Crippen molar-refractivity contribution in [3.8, 4) is 32.6 Å². The smallest absolute Gasteiger partial charge is 0.349 e. The summed E-state index contributed by atoms with van der Waals surface area (Å²) in [4.78, 5) is 69.7. The van der Waals surface area contributed by atoms with E-state index in [2.05, 4.69) is 20.6 Å². The van der Waals surface area contributed by atoms with Crippen LogP contribution in [0.2, 0.25) is 0 Å². The number of aryl methyl sites for hydroxylation is 2. The van der Waals surface area contributed by atoms with Crippen LogP contribution in [-0.2, 0) is 32.2 Å². The lowest BCUT2D eigenvalue weighted by Crippen LogP contribution is -2.39. The van der Waals surface area contributed by atoms with Gasteiger partial charge in [0.1, 0.15) is 31.3 Å². The third-order valence-corrected chi connectivity index (χ3v) is 11.9. The number of benzene rings is 4. The number of nitro groups is 1. The molecule has 0 aliphatic carbocycles. The first-order valence-electron chi connectivity index (χ1n) is 20.8. The van der Waals surface area contributed by atoms with E-state index in [0.717, 1.165) is 21.7 Å². The SMILES string of the molecule is CCOC(=O)C(C)(C)Oc1ccc(CNC(=O)c2sc(-c3ccc(N)cc3)nc2C)cc1.CCOC(=O)C(C)(C)Oc1ccc(CNC(=O)c2sc(-c3ccc([N+](=O)[O-])cc3)nc2C)cc1. The number of hydrogen-bond acceptors (Lipinski definition) is 15. The number of non-ortho nitro benzene ring substituents is 1. The number of aromatic nitrogens is 2. The number of nitrogens with one attached hydrogen (secondary N) is 2. The number of rotatable bonds is 17. The van der Waals surface area contributed by atoms with Gasteiger partial charge in [-0.15, -0.1) is 22.7 Å². The second kappa shape index (κ2) is 22.1. The minimum Gasteiger partial charge on any atom is -0.476 e. The fourth-order valence-corrected chi connectivity index (χ4v) is 7.95. The molecule has 4 aromatic carbocycles. The van der Waals surface area contributed by atoms with Crippen molar-refractivity contribution in [1.82, 2.24) is 20.6 Å². The second-order valence-electron chi connectivity index (χ2n) is 15.6. The lowest BCUT2D eigenvalue weighted by atomic mass is 10.1. The Morgan fingerprint density at radius 3 is 1.33 bits per heavy atom. The first-order valence-corrected chi connectivity index (χ1v) is 22.5. The molecule has 0 unspecified atom stereocenters. The number of nitrogens with two attached hydrogens (primary N) is 1. The van der Waals surface area contributed by atoms with Crippen molar-refractivity contribution in [1.29, 1.82) is 0 Å². The topological polar surface area (TPSA) is 224 Å². The molecule has 66 heavy (non-hydrogen) atoms. The summed E-state index contributed by atoms with van der Waals surface area (Å²) < 4.78 is 21.6. The average Bonchev–Trinajstić information content (AvgIpc) is 3.88. The van der Waals surface area contributed by atoms with Crippen LogP contribution in [0.25, 0.3) is 21.1 Å². The summed E-state index contributed by atoms with van der Waals surface area (Å²) in [6.45, 7) is 14.9. The maximum Gasteiger partial charge on any atom is 0.349 e. The molecule has 0 saturated carbocycles. The molecule has 0 spiro atoms. The predicted octanol–water partition coefficient (Wildman–Crippen LogP) is 9.03. The Bertz CT molecular complexity index is 2640. The molecule has 2 amide bonds. The Hall–Kier alpha value is -7.18. The summed E-state index contributed by atoms with van der Waals surface area (Å²) in [7, 11) is 0. The van der Waals surface area contributed by atoms with Gasteiger partial charge in [-0.1, -0.05) is 24.3 Å². The maximum atomic E-state index is 12.7. The zero-order valence-electron chi connectivity index (χ0n) is 37.9. The minimum atomic E-state index is -1.11. The number of hydrogen-bond donors (Lipinski definition) is 3. The van der Waals surface area contributed by atoms with E-state index in [9.17, 15) is 29.3 Å². The molecule has 2 heterocycles. The molecule has 4 N–H and O–H groups in total. The van der Waals surface area contributed by atoms with Gasteiger partial charge in [-0.2, -0.15) is 0 Å². The van der Waals surface area contributed by atoms with Crippen LogP contribution in [0.3, 0.4) is 0 Å². The van der Waals surface area contributed by atoms with Gasteiger partial charge in [-0.3, -0.25) is 19.7 Å². The molecule has 0 atom stereocenters. The monoisotopic (exact) mass is 936 g/mol. The molecule has 0 aliphatic heterocycles. The van der Waals surface area contributed by atoms with Crippen LogP contribution < -0.4 is 25.8 Å². The number of amides is 2. The molecule has 6 rings (SSSR count). The van der Waals surface area contributed by atoms with Gasteiger partial charge in [-0.25, -0.2) is 19.6 Å². The van der Waals surface area contributed by atoms with Crippen LogP contribution in [0, 0.1) is 24.0 Å². The van der Waals surface area contributed by atoms with Crippen LogP contribution in [0.4, 0.5) is 11.4 Å². The van der Waals surface area contributed by atoms with Gasteiger partial charge in [0.05, 0.1) is 29.5 Å². The number of nitro benzene ring substituents is 1. The first kappa shape index (κ1) is 49.8. The van der Waals surface area contributed by atoms with E-state index in [1.807, 2.05) is 43.3 Å². The lowest BCUT2D eigenvalue weighted by molar-refractivity contribution is -0.384. The maximum absolute atomic E-state index is 12.7. The summed E-state index contributed by atoms with van der Waals surface area (Å²) in [5, 5.41) is 18.0. The van der Waals surface area contributed by atoms with Gasteiger partial charge in [0.15, 0.2) is 11.2 Å². The zero-order valence-corrected chi connectivity index (χ0v) is 39.5. The number of ether oxygens (including phenoxy) is 4. The predicted molar refractivity (Wildman–Crippen MR) is 254 cm³/mol. The summed E-state index contributed by atoms with van der Waals surface area (Å²) in [6.07, 6.45) is 0. The summed E-state index contributed by atoms with van der Waals surface area (Å²) in [5.74, 6) is -0.241. The largest absolute Gasteiger partial charge is 0.476 e. The zero-order chi connectivity index (χ0) is 48.2. The Balaban J connectivity index is 0.000000248. The van der Waals surface area contributed by atoms with E-state index in [1.54, 1.807) is 97.0 Å². The van der Waals surface area contributed by atoms with E-state index < -0.39 is 28.1 Å². The van der Waals surface area contributed by atoms with E-state index in [0.29, 0.717) is 68.6 Å². The van der Waals surface area contributed by atoms with Crippen LogP contribution in [-0.4, -0.2) is 63.1 Å². The Morgan fingerprint density at radius 1 is 0.621 bits per heavy atom. The lowest BCUT2D eigenvalue weighted by Gasteiger charge is -2.24. The van der Waals surface area contributed by atoms with E-state index in [1.165, 1.54) is 34.8 Å². The van der Waals surface area contributed by atoms with Crippen molar-refractivity contribution in [2.24, 2.45) is 0 Å². The Kier molecular flexibility index (Phi) is 16.7. The molecule has 6 aromatic rings. The third kappa shape index (κ3) is 13.4. The molecule has 0 bridgehead atoms. The number of anilines is 1. The fourth-order valence-electron chi connectivity index (χ4n) is 5.97. The molecule has 0 radical (unpaired) electrons. The second-order valence-corrected chi connectivity index (χ2v) is 17.6. The fraction of sp³-hybridized carbons (Fsp3) is 0.292. The normalized spacial score (nSPS) is 11.1. The van der Waals surface area contributed by atoms with Crippen molar-refractivity contribution in [3.63, 3.8) is 0 Å². The van der Waals surface area contributed by atoms with E-state index in [4.69, 9.17) is 24.7 Å². The van der Waals surface area contributed by atoms with Crippen molar-refractivity contribution in [2.45, 2.75) is 79.7 Å². The quantitative estimate of drug-likeness (QED) is 0.0336. The van der Waals surface area contributed by atoms with Gasteiger partial charge < -0.3 is 35.3 Å². The van der Waals surface area contributed by atoms with Crippen molar-refractivity contribution in [2.75, 3.05) is 18.9 Å². The Morgan fingerprint density at radius 2 is 0.985 bits per heavy atom. The van der Waals surface area contributed by atoms with Crippen LogP contribution in [0.1, 0.15) is 83.4 Å². The van der Waals surface area contributed by atoms with Crippen molar-refractivity contribution in [3.05, 3.63) is 139 Å². The molecular weight excluding hydrogens is 885 g/mol. The van der Waals surface area contributed by atoms with Gasteiger partial charge in [0, 0.05) is 42.0 Å². The molecule has 0 saturated heterocycles. The molecule has 0 aliphatic rings. The molecule has 346 valence electrons. The summed E-state index contributed by atoms with van der Waals surface area (Å²) in [6, 6.07) is 27.7.